The number of rotatable bonds is 7. The molecule has 0 bridgehead atoms. The fourth-order valence-corrected chi connectivity index (χ4v) is 2.51. The van der Waals surface area contributed by atoms with Gasteiger partial charge in [-0.2, -0.15) is 0 Å². The van der Waals surface area contributed by atoms with E-state index in [1.165, 1.54) is 32.2 Å². The SMILES string of the molecule is COC(C)C(C)(CN)N(CC1CC1)C1CC1. The molecule has 0 heterocycles. The number of hydrogen-bond acceptors (Lipinski definition) is 3. The van der Waals surface area contributed by atoms with Gasteiger partial charge in [-0.1, -0.05) is 0 Å². The van der Waals surface area contributed by atoms with Gasteiger partial charge in [0.15, 0.2) is 0 Å². The van der Waals surface area contributed by atoms with Gasteiger partial charge in [-0.3, -0.25) is 4.90 Å². The largest absolute Gasteiger partial charge is 0.380 e. The molecule has 2 atom stereocenters. The highest BCUT2D eigenvalue weighted by atomic mass is 16.5. The highest BCUT2D eigenvalue weighted by Crippen LogP contribution is 2.39. The van der Waals surface area contributed by atoms with E-state index in [0.717, 1.165) is 12.0 Å². The van der Waals surface area contributed by atoms with Crippen molar-refractivity contribution in [2.45, 2.75) is 57.2 Å². The molecule has 0 saturated heterocycles. The molecule has 0 aromatic heterocycles. The monoisotopic (exact) mass is 226 g/mol. The minimum Gasteiger partial charge on any atom is -0.380 e. The quantitative estimate of drug-likeness (QED) is 0.717. The Morgan fingerprint density at radius 2 is 2.00 bits per heavy atom. The highest BCUT2D eigenvalue weighted by Gasteiger charge is 2.45. The summed E-state index contributed by atoms with van der Waals surface area (Å²) in [5.41, 5.74) is 6.04. The summed E-state index contributed by atoms with van der Waals surface area (Å²) in [6.45, 7) is 6.33. The first kappa shape index (κ1) is 12.3. The average Bonchev–Trinajstić information content (AvgIpc) is 3.16. The van der Waals surface area contributed by atoms with E-state index in [9.17, 15) is 0 Å². The van der Waals surface area contributed by atoms with Crippen molar-refractivity contribution in [1.29, 1.82) is 0 Å². The highest BCUT2D eigenvalue weighted by molar-refractivity contribution is 5.01. The number of nitrogens with zero attached hydrogens (tertiary/aromatic N) is 1. The van der Waals surface area contributed by atoms with Crippen LogP contribution in [-0.2, 0) is 4.74 Å². The molecule has 3 heteroatoms. The van der Waals surface area contributed by atoms with Gasteiger partial charge >= 0.3 is 0 Å². The van der Waals surface area contributed by atoms with Crippen LogP contribution in [0.15, 0.2) is 0 Å². The van der Waals surface area contributed by atoms with Gasteiger partial charge in [0, 0.05) is 26.2 Å². The summed E-state index contributed by atoms with van der Waals surface area (Å²) < 4.78 is 5.55. The van der Waals surface area contributed by atoms with Crippen LogP contribution in [0.1, 0.15) is 39.5 Å². The summed E-state index contributed by atoms with van der Waals surface area (Å²) >= 11 is 0. The van der Waals surface area contributed by atoms with Gasteiger partial charge in [-0.25, -0.2) is 0 Å². The zero-order valence-electron chi connectivity index (χ0n) is 10.9. The second kappa shape index (κ2) is 4.63. The molecule has 2 unspecified atom stereocenters. The van der Waals surface area contributed by atoms with Crippen LogP contribution >= 0.6 is 0 Å². The number of ether oxygens (including phenoxy) is 1. The Morgan fingerprint density at radius 1 is 1.38 bits per heavy atom. The van der Waals surface area contributed by atoms with Gasteiger partial charge < -0.3 is 10.5 Å². The normalized spacial score (nSPS) is 26.8. The Morgan fingerprint density at radius 3 is 2.38 bits per heavy atom. The number of methoxy groups -OCH3 is 1. The maximum atomic E-state index is 6.02. The van der Waals surface area contributed by atoms with Gasteiger partial charge in [0.25, 0.3) is 0 Å². The summed E-state index contributed by atoms with van der Waals surface area (Å²) in [7, 11) is 1.79. The lowest BCUT2D eigenvalue weighted by Crippen LogP contribution is -2.60. The summed E-state index contributed by atoms with van der Waals surface area (Å²) in [6, 6.07) is 0.770. The van der Waals surface area contributed by atoms with E-state index >= 15 is 0 Å². The van der Waals surface area contributed by atoms with Crippen molar-refractivity contribution in [3.05, 3.63) is 0 Å². The van der Waals surface area contributed by atoms with Gasteiger partial charge in [0.2, 0.25) is 0 Å². The zero-order valence-corrected chi connectivity index (χ0v) is 10.9. The van der Waals surface area contributed by atoms with Gasteiger partial charge in [0.05, 0.1) is 11.6 Å². The van der Waals surface area contributed by atoms with Crippen LogP contribution < -0.4 is 5.73 Å². The third-order valence-corrected chi connectivity index (χ3v) is 4.44. The van der Waals surface area contributed by atoms with Crippen molar-refractivity contribution in [3.8, 4) is 0 Å². The number of hydrogen-bond donors (Lipinski definition) is 1. The van der Waals surface area contributed by atoms with Crippen molar-refractivity contribution in [3.63, 3.8) is 0 Å². The first-order valence-corrected chi connectivity index (χ1v) is 6.61. The summed E-state index contributed by atoms with van der Waals surface area (Å²) in [5.74, 6) is 0.926. The molecule has 0 aliphatic heterocycles. The maximum absolute atomic E-state index is 6.02. The standard InChI is InChI=1S/C13H26N2O/c1-10(16-3)13(2,9-14)15(12-6-7-12)8-11-4-5-11/h10-12H,4-9,14H2,1-3H3. The Kier molecular flexibility index (Phi) is 3.57. The van der Waals surface area contributed by atoms with Crippen LogP contribution in [-0.4, -0.2) is 42.8 Å². The summed E-state index contributed by atoms with van der Waals surface area (Å²) in [6.07, 6.45) is 5.71. The fraction of sp³-hybridized carbons (Fsp3) is 1.00. The molecule has 2 fully saturated rings. The van der Waals surface area contributed by atoms with E-state index in [4.69, 9.17) is 10.5 Å². The lowest BCUT2D eigenvalue weighted by atomic mass is 9.92. The molecule has 0 aromatic carbocycles. The Hall–Kier alpha value is -0.120. The Bertz CT molecular complexity index is 238. The van der Waals surface area contributed by atoms with Crippen molar-refractivity contribution in [2.24, 2.45) is 11.7 Å². The molecule has 0 amide bonds. The van der Waals surface area contributed by atoms with E-state index < -0.39 is 0 Å². The third-order valence-electron chi connectivity index (χ3n) is 4.44. The third kappa shape index (κ3) is 2.41. The lowest BCUT2D eigenvalue weighted by molar-refractivity contribution is -0.0375. The van der Waals surface area contributed by atoms with Crippen LogP contribution in [0.3, 0.4) is 0 Å². The molecule has 2 N–H and O–H groups in total. The summed E-state index contributed by atoms with van der Waals surface area (Å²) in [4.78, 5) is 2.64. The van der Waals surface area contributed by atoms with E-state index in [1.54, 1.807) is 7.11 Å². The average molecular weight is 226 g/mol. The van der Waals surface area contributed by atoms with E-state index in [2.05, 4.69) is 18.7 Å². The fourth-order valence-electron chi connectivity index (χ4n) is 2.51. The topological polar surface area (TPSA) is 38.5 Å². The predicted molar refractivity (Wildman–Crippen MR) is 66.4 cm³/mol. The Labute approximate surface area is 99.3 Å². The van der Waals surface area contributed by atoms with Crippen molar-refractivity contribution >= 4 is 0 Å². The minimum atomic E-state index is 0.0124. The first-order chi connectivity index (χ1) is 7.61. The molecular weight excluding hydrogens is 200 g/mol. The van der Waals surface area contributed by atoms with Gasteiger partial charge in [0.1, 0.15) is 0 Å². The molecule has 16 heavy (non-hydrogen) atoms. The van der Waals surface area contributed by atoms with Crippen molar-refractivity contribution < 1.29 is 4.74 Å². The minimum absolute atomic E-state index is 0.0124. The van der Waals surface area contributed by atoms with E-state index in [0.29, 0.717) is 6.54 Å². The molecular formula is C13H26N2O. The smallest absolute Gasteiger partial charge is 0.0736 e. The van der Waals surface area contributed by atoms with Crippen molar-refractivity contribution in [2.75, 3.05) is 20.2 Å². The molecule has 0 aromatic rings. The molecule has 3 nitrogen and oxygen atoms in total. The van der Waals surface area contributed by atoms with Gasteiger partial charge in [-0.15, -0.1) is 0 Å². The lowest BCUT2D eigenvalue weighted by Gasteiger charge is -2.44. The van der Waals surface area contributed by atoms with Crippen molar-refractivity contribution in [1.82, 2.24) is 4.90 Å². The zero-order chi connectivity index (χ0) is 11.8. The van der Waals surface area contributed by atoms with Crippen LogP contribution in [0.2, 0.25) is 0 Å². The molecule has 2 saturated carbocycles. The van der Waals surface area contributed by atoms with Crippen LogP contribution in [0.4, 0.5) is 0 Å². The second-order valence-electron chi connectivity index (χ2n) is 5.77. The molecule has 2 aliphatic rings. The van der Waals surface area contributed by atoms with Crippen LogP contribution in [0.25, 0.3) is 0 Å². The predicted octanol–water partition coefficient (Wildman–Crippen LogP) is 1.61. The number of nitrogens with two attached hydrogens (primary N) is 1. The van der Waals surface area contributed by atoms with E-state index in [1.807, 2.05) is 0 Å². The maximum Gasteiger partial charge on any atom is 0.0736 e. The summed E-state index contributed by atoms with van der Waals surface area (Å²) in [5, 5.41) is 0. The second-order valence-corrected chi connectivity index (χ2v) is 5.77. The van der Waals surface area contributed by atoms with E-state index in [-0.39, 0.29) is 11.6 Å². The van der Waals surface area contributed by atoms with Crippen LogP contribution in [0, 0.1) is 5.92 Å². The Balaban J connectivity index is 2.06. The molecule has 0 radical (unpaired) electrons. The van der Waals surface area contributed by atoms with Gasteiger partial charge in [-0.05, 0) is 45.4 Å². The molecule has 0 spiro atoms. The molecule has 2 rings (SSSR count). The molecule has 2 aliphatic carbocycles. The molecule has 94 valence electrons. The van der Waals surface area contributed by atoms with Crippen LogP contribution in [0.5, 0.6) is 0 Å². The first-order valence-electron chi connectivity index (χ1n) is 6.61.